The van der Waals surface area contributed by atoms with E-state index in [4.69, 9.17) is 5.73 Å². The van der Waals surface area contributed by atoms with Crippen LogP contribution in [0.3, 0.4) is 0 Å². The standard InChI is InChI=1S/C20H43N3/c1-6-7-9-12-17(13-10-8-11-14-21)22-18-15-19(2,3)23-20(4,5)16-18/h17-18,22-23H,6-16,21H2,1-5H3. The summed E-state index contributed by atoms with van der Waals surface area (Å²) in [6, 6.07) is 1.33. The Hall–Kier alpha value is -0.120. The van der Waals surface area contributed by atoms with Gasteiger partial charge < -0.3 is 16.4 Å². The van der Waals surface area contributed by atoms with E-state index < -0.39 is 0 Å². The molecule has 0 amide bonds. The first kappa shape index (κ1) is 20.9. The first-order valence-corrected chi connectivity index (χ1v) is 10.0. The maximum atomic E-state index is 5.63. The second-order valence-corrected chi connectivity index (χ2v) is 9.00. The van der Waals surface area contributed by atoms with Crippen LogP contribution in [0.5, 0.6) is 0 Å². The van der Waals surface area contributed by atoms with Gasteiger partial charge in [-0.05, 0) is 66.3 Å². The first-order chi connectivity index (χ1) is 10.8. The van der Waals surface area contributed by atoms with E-state index in [1.165, 1.54) is 64.2 Å². The molecular formula is C20H43N3. The molecule has 0 aliphatic carbocycles. The van der Waals surface area contributed by atoms with Crippen molar-refractivity contribution < 1.29 is 0 Å². The molecule has 3 heteroatoms. The Bertz CT molecular complexity index is 296. The van der Waals surface area contributed by atoms with Crippen molar-refractivity contribution in [2.75, 3.05) is 6.54 Å². The molecule has 4 N–H and O–H groups in total. The van der Waals surface area contributed by atoms with Gasteiger partial charge in [0.2, 0.25) is 0 Å². The highest BCUT2D eigenvalue weighted by atomic mass is 15.1. The molecule has 1 rings (SSSR count). The molecule has 0 aromatic heterocycles. The number of unbranched alkanes of at least 4 members (excludes halogenated alkanes) is 4. The van der Waals surface area contributed by atoms with Crippen LogP contribution in [0.25, 0.3) is 0 Å². The molecule has 0 bridgehead atoms. The highest BCUT2D eigenvalue weighted by Gasteiger charge is 2.37. The molecular weight excluding hydrogens is 282 g/mol. The zero-order valence-electron chi connectivity index (χ0n) is 16.5. The number of nitrogens with two attached hydrogens (primary N) is 1. The van der Waals surface area contributed by atoms with Gasteiger partial charge in [-0.15, -0.1) is 0 Å². The van der Waals surface area contributed by atoms with E-state index in [-0.39, 0.29) is 11.1 Å². The van der Waals surface area contributed by atoms with E-state index in [0.717, 1.165) is 6.54 Å². The Morgan fingerprint density at radius 3 is 2.04 bits per heavy atom. The summed E-state index contributed by atoms with van der Waals surface area (Å²) in [5.41, 5.74) is 6.09. The molecule has 0 spiro atoms. The van der Waals surface area contributed by atoms with Crippen LogP contribution in [0, 0.1) is 0 Å². The monoisotopic (exact) mass is 325 g/mol. The highest BCUT2D eigenvalue weighted by Crippen LogP contribution is 2.29. The normalized spacial score (nSPS) is 22.2. The van der Waals surface area contributed by atoms with E-state index in [1.54, 1.807) is 0 Å². The van der Waals surface area contributed by atoms with Gasteiger partial charge in [0.1, 0.15) is 0 Å². The Morgan fingerprint density at radius 2 is 1.52 bits per heavy atom. The maximum absolute atomic E-state index is 5.63. The minimum Gasteiger partial charge on any atom is -0.330 e. The van der Waals surface area contributed by atoms with Gasteiger partial charge in [-0.1, -0.05) is 39.0 Å². The van der Waals surface area contributed by atoms with Crippen LogP contribution in [0.1, 0.15) is 98.8 Å². The minimum absolute atomic E-state index is 0.229. The topological polar surface area (TPSA) is 50.1 Å². The van der Waals surface area contributed by atoms with Gasteiger partial charge >= 0.3 is 0 Å². The lowest BCUT2D eigenvalue weighted by molar-refractivity contribution is 0.137. The Morgan fingerprint density at radius 1 is 0.957 bits per heavy atom. The molecule has 0 aromatic carbocycles. The van der Waals surface area contributed by atoms with Crippen LogP contribution in [-0.2, 0) is 0 Å². The molecule has 0 saturated carbocycles. The zero-order chi connectivity index (χ0) is 17.3. The molecule has 3 nitrogen and oxygen atoms in total. The van der Waals surface area contributed by atoms with E-state index >= 15 is 0 Å². The highest BCUT2D eigenvalue weighted by molar-refractivity contribution is 5.00. The maximum Gasteiger partial charge on any atom is 0.0144 e. The van der Waals surface area contributed by atoms with Crippen LogP contribution in [0.2, 0.25) is 0 Å². The van der Waals surface area contributed by atoms with E-state index in [0.29, 0.717) is 12.1 Å². The zero-order valence-corrected chi connectivity index (χ0v) is 16.5. The van der Waals surface area contributed by atoms with Crippen LogP contribution in [0.4, 0.5) is 0 Å². The van der Waals surface area contributed by atoms with Gasteiger partial charge in [-0.2, -0.15) is 0 Å². The molecule has 23 heavy (non-hydrogen) atoms. The van der Waals surface area contributed by atoms with Crippen molar-refractivity contribution in [2.45, 2.75) is 122 Å². The summed E-state index contributed by atoms with van der Waals surface area (Å²) in [7, 11) is 0. The lowest BCUT2D eigenvalue weighted by atomic mass is 9.79. The minimum atomic E-state index is 0.229. The molecule has 138 valence electrons. The molecule has 1 atom stereocenters. The molecule has 1 aliphatic rings. The van der Waals surface area contributed by atoms with Gasteiger partial charge in [0.25, 0.3) is 0 Å². The van der Waals surface area contributed by atoms with Crippen molar-refractivity contribution in [2.24, 2.45) is 5.73 Å². The van der Waals surface area contributed by atoms with Gasteiger partial charge in [-0.25, -0.2) is 0 Å². The Labute approximate surface area is 145 Å². The first-order valence-electron chi connectivity index (χ1n) is 10.0. The lowest BCUT2D eigenvalue weighted by Gasteiger charge is -2.47. The van der Waals surface area contributed by atoms with Crippen molar-refractivity contribution in [3.05, 3.63) is 0 Å². The van der Waals surface area contributed by atoms with Crippen LogP contribution in [0.15, 0.2) is 0 Å². The van der Waals surface area contributed by atoms with E-state index in [2.05, 4.69) is 45.3 Å². The van der Waals surface area contributed by atoms with Crippen LogP contribution >= 0.6 is 0 Å². The van der Waals surface area contributed by atoms with Crippen molar-refractivity contribution in [3.8, 4) is 0 Å². The molecule has 0 radical (unpaired) electrons. The summed E-state index contributed by atoms with van der Waals surface area (Å²) in [4.78, 5) is 0. The predicted molar refractivity (Wildman–Crippen MR) is 103 cm³/mol. The number of hydrogen-bond donors (Lipinski definition) is 3. The van der Waals surface area contributed by atoms with E-state index in [9.17, 15) is 0 Å². The molecule has 1 saturated heterocycles. The van der Waals surface area contributed by atoms with E-state index in [1.807, 2.05) is 0 Å². The van der Waals surface area contributed by atoms with Crippen LogP contribution in [-0.4, -0.2) is 29.7 Å². The molecule has 1 aliphatic heterocycles. The van der Waals surface area contributed by atoms with Gasteiger partial charge in [0, 0.05) is 23.2 Å². The number of nitrogens with one attached hydrogen (secondary N) is 2. The fourth-order valence-corrected chi connectivity index (χ4v) is 4.44. The smallest absolute Gasteiger partial charge is 0.0144 e. The quantitative estimate of drug-likeness (QED) is 0.495. The summed E-state index contributed by atoms with van der Waals surface area (Å²) < 4.78 is 0. The SMILES string of the molecule is CCCCCC(CCCCCN)NC1CC(C)(C)NC(C)(C)C1. The third-order valence-electron chi connectivity index (χ3n) is 5.07. The summed E-state index contributed by atoms with van der Waals surface area (Å²) in [6.45, 7) is 12.5. The average Bonchev–Trinajstić information content (AvgIpc) is 2.40. The second-order valence-electron chi connectivity index (χ2n) is 9.00. The third kappa shape index (κ3) is 9.07. The van der Waals surface area contributed by atoms with Crippen molar-refractivity contribution >= 4 is 0 Å². The fraction of sp³-hybridized carbons (Fsp3) is 1.00. The Balaban J connectivity index is 2.52. The predicted octanol–water partition coefficient (Wildman–Crippen LogP) is 4.35. The van der Waals surface area contributed by atoms with Gasteiger partial charge in [0.05, 0.1) is 0 Å². The number of rotatable bonds is 11. The fourth-order valence-electron chi connectivity index (χ4n) is 4.44. The average molecular weight is 326 g/mol. The van der Waals surface area contributed by atoms with Crippen molar-refractivity contribution in [3.63, 3.8) is 0 Å². The molecule has 1 heterocycles. The molecule has 1 unspecified atom stereocenters. The summed E-state index contributed by atoms with van der Waals surface area (Å²) >= 11 is 0. The summed E-state index contributed by atoms with van der Waals surface area (Å²) in [5, 5.41) is 7.83. The number of hydrogen-bond acceptors (Lipinski definition) is 3. The third-order valence-corrected chi connectivity index (χ3v) is 5.07. The summed E-state index contributed by atoms with van der Waals surface area (Å²) in [5.74, 6) is 0. The molecule has 1 fully saturated rings. The van der Waals surface area contributed by atoms with Crippen molar-refractivity contribution in [1.29, 1.82) is 0 Å². The largest absolute Gasteiger partial charge is 0.330 e. The second kappa shape index (κ2) is 10.0. The number of piperidine rings is 1. The van der Waals surface area contributed by atoms with Crippen LogP contribution < -0.4 is 16.4 Å². The van der Waals surface area contributed by atoms with Gasteiger partial charge in [-0.3, -0.25) is 0 Å². The summed E-state index contributed by atoms with van der Waals surface area (Å²) in [6.07, 6.45) is 12.9. The Kier molecular flexibility index (Phi) is 9.10. The van der Waals surface area contributed by atoms with Crippen molar-refractivity contribution in [1.82, 2.24) is 10.6 Å². The molecule has 0 aromatic rings. The lowest BCUT2D eigenvalue weighted by Crippen LogP contribution is -2.62. The van der Waals surface area contributed by atoms with Gasteiger partial charge in [0.15, 0.2) is 0 Å².